The molecule has 35 heavy (non-hydrogen) atoms. The van der Waals surface area contributed by atoms with Gasteiger partial charge in [0, 0.05) is 5.56 Å². The minimum atomic E-state index is -0.156. The van der Waals surface area contributed by atoms with E-state index in [4.69, 9.17) is 15.1 Å². The van der Waals surface area contributed by atoms with E-state index < -0.39 is 0 Å². The highest BCUT2D eigenvalue weighted by molar-refractivity contribution is 6.30. The molecule has 3 aromatic carbocycles. The van der Waals surface area contributed by atoms with E-state index in [1.807, 2.05) is 76.7 Å². The number of azo groups is 1. The average Bonchev–Trinajstić information content (AvgIpc) is 3.51. The van der Waals surface area contributed by atoms with Gasteiger partial charge in [-0.1, -0.05) is 78.9 Å². The maximum Gasteiger partial charge on any atom is 0.187 e. The Hall–Kier alpha value is -4.69. The van der Waals surface area contributed by atoms with Crippen LogP contribution in [0.5, 0.6) is 0 Å². The third-order valence-electron chi connectivity index (χ3n) is 6.30. The number of hydrogen-bond donors (Lipinski definition) is 1. The van der Waals surface area contributed by atoms with Crippen LogP contribution in [0.15, 0.2) is 139 Å². The molecular weight excluding hydrogens is 436 g/mol. The maximum atomic E-state index is 5.03. The molecule has 8 nitrogen and oxygen atoms in total. The van der Waals surface area contributed by atoms with Crippen molar-refractivity contribution in [2.45, 2.75) is 6.04 Å². The molecule has 3 aromatic rings. The first-order chi connectivity index (χ1) is 17.4. The second kappa shape index (κ2) is 7.96. The zero-order valence-corrected chi connectivity index (χ0v) is 18.7. The number of fused-ring (bicyclic) bond motifs is 3. The molecule has 0 bridgehead atoms. The molecule has 1 atom stereocenters. The first-order valence-electron chi connectivity index (χ1n) is 11.4. The molecule has 1 unspecified atom stereocenters. The van der Waals surface area contributed by atoms with Crippen molar-refractivity contribution in [3.63, 3.8) is 0 Å². The average molecular weight is 457 g/mol. The summed E-state index contributed by atoms with van der Waals surface area (Å²) < 4.78 is 0. The van der Waals surface area contributed by atoms with Gasteiger partial charge in [-0.15, -0.1) is 5.11 Å². The SMILES string of the molecule is C1=C2C(=NC3=C4C(=NCN3N=C2c2ccccc2)N(c2ccccc2)NC4c2ccccc2)N=N1. The molecule has 7 rings (SSSR count). The summed E-state index contributed by atoms with van der Waals surface area (Å²) in [4.78, 5) is 9.98. The molecule has 0 radical (unpaired) electrons. The molecule has 4 aliphatic rings. The highest BCUT2D eigenvalue weighted by Gasteiger charge is 2.42. The van der Waals surface area contributed by atoms with Crippen LogP contribution < -0.4 is 10.4 Å². The number of anilines is 1. The lowest BCUT2D eigenvalue weighted by Crippen LogP contribution is -2.36. The minimum Gasteiger partial charge on any atom is -0.259 e. The lowest BCUT2D eigenvalue weighted by molar-refractivity contribution is 0.364. The van der Waals surface area contributed by atoms with Crippen molar-refractivity contribution in [3.05, 3.63) is 125 Å². The summed E-state index contributed by atoms with van der Waals surface area (Å²) in [7, 11) is 0. The van der Waals surface area contributed by atoms with Crippen LogP contribution in [-0.4, -0.2) is 29.1 Å². The molecule has 4 aliphatic heterocycles. The van der Waals surface area contributed by atoms with Crippen LogP contribution in [0.1, 0.15) is 17.2 Å². The van der Waals surface area contributed by atoms with E-state index in [0.29, 0.717) is 12.5 Å². The van der Waals surface area contributed by atoms with Crippen molar-refractivity contribution in [2.75, 3.05) is 11.7 Å². The van der Waals surface area contributed by atoms with Gasteiger partial charge in [-0.25, -0.2) is 20.4 Å². The summed E-state index contributed by atoms with van der Waals surface area (Å²) in [6, 6.07) is 30.4. The summed E-state index contributed by atoms with van der Waals surface area (Å²) in [6.07, 6.45) is 1.73. The first-order valence-corrected chi connectivity index (χ1v) is 11.4. The monoisotopic (exact) mass is 456 g/mol. The molecule has 0 spiro atoms. The molecule has 4 heterocycles. The molecule has 0 amide bonds. The standard InChI is InChI=1S/C27H20N8/c1-4-10-18(11-5-1)23-21-16-29-31-25(21)30-27-22-24(19-12-6-2-7-13-19)33-35(20-14-8-3-9-15-20)26(22)28-17-34(27)32-23/h1-16,24,33H,17H2. The van der Waals surface area contributed by atoms with Crippen molar-refractivity contribution in [1.29, 1.82) is 0 Å². The number of hydrazone groups is 1. The quantitative estimate of drug-likeness (QED) is 0.615. The van der Waals surface area contributed by atoms with E-state index in [0.717, 1.165) is 45.3 Å². The van der Waals surface area contributed by atoms with Gasteiger partial charge in [0.25, 0.3) is 0 Å². The summed E-state index contributed by atoms with van der Waals surface area (Å²) in [5, 5.41) is 17.4. The molecule has 1 fully saturated rings. The normalized spacial score (nSPS) is 20.4. The van der Waals surface area contributed by atoms with Gasteiger partial charge in [-0.3, -0.25) is 5.01 Å². The smallest absolute Gasteiger partial charge is 0.187 e. The summed E-state index contributed by atoms with van der Waals surface area (Å²) >= 11 is 0. The Balaban J connectivity index is 1.43. The van der Waals surface area contributed by atoms with Crippen LogP contribution in [0.4, 0.5) is 5.69 Å². The van der Waals surface area contributed by atoms with Crippen LogP contribution in [0, 0.1) is 0 Å². The number of amidine groups is 2. The van der Waals surface area contributed by atoms with E-state index in [9.17, 15) is 0 Å². The molecule has 1 saturated heterocycles. The van der Waals surface area contributed by atoms with Gasteiger partial charge in [0.15, 0.2) is 17.5 Å². The van der Waals surface area contributed by atoms with Gasteiger partial charge in [-0.2, -0.15) is 10.2 Å². The van der Waals surface area contributed by atoms with Gasteiger partial charge in [0.1, 0.15) is 12.4 Å². The molecule has 0 aliphatic carbocycles. The van der Waals surface area contributed by atoms with E-state index in [1.54, 1.807) is 6.20 Å². The Kier molecular flexibility index (Phi) is 4.49. The Morgan fingerprint density at radius 2 is 1.54 bits per heavy atom. The maximum absolute atomic E-state index is 5.03. The summed E-state index contributed by atoms with van der Waals surface area (Å²) in [5.41, 5.74) is 9.30. The number of nitrogens with zero attached hydrogens (tertiary/aromatic N) is 7. The van der Waals surface area contributed by atoms with Crippen molar-refractivity contribution in [1.82, 2.24) is 10.4 Å². The van der Waals surface area contributed by atoms with E-state index >= 15 is 0 Å². The van der Waals surface area contributed by atoms with Gasteiger partial charge in [0.05, 0.1) is 29.1 Å². The number of benzene rings is 3. The van der Waals surface area contributed by atoms with Crippen LogP contribution in [0.3, 0.4) is 0 Å². The Bertz CT molecular complexity index is 1480. The predicted octanol–water partition coefficient (Wildman–Crippen LogP) is 4.80. The Morgan fingerprint density at radius 3 is 2.31 bits per heavy atom. The lowest BCUT2D eigenvalue weighted by atomic mass is 9.99. The van der Waals surface area contributed by atoms with E-state index in [2.05, 4.69) is 39.9 Å². The molecule has 1 N–H and O–H groups in total. The third kappa shape index (κ3) is 3.23. The van der Waals surface area contributed by atoms with Gasteiger partial charge in [-0.05, 0) is 17.7 Å². The van der Waals surface area contributed by atoms with E-state index in [1.165, 1.54) is 0 Å². The molecule has 0 saturated carbocycles. The summed E-state index contributed by atoms with van der Waals surface area (Å²) in [5.74, 6) is 2.12. The van der Waals surface area contributed by atoms with Crippen molar-refractivity contribution < 1.29 is 0 Å². The third-order valence-corrected chi connectivity index (χ3v) is 6.30. The van der Waals surface area contributed by atoms with Crippen LogP contribution in [0.2, 0.25) is 0 Å². The van der Waals surface area contributed by atoms with E-state index in [-0.39, 0.29) is 6.04 Å². The number of hydrazine groups is 1. The van der Waals surface area contributed by atoms with Crippen molar-refractivity contribution >= 4 is 23.1 Å². The summed E-state index contributed by atoms with van der Waals surface area (Å²) in [6.45, 7) is 0.345. The van der Waals surface area contributed by atoms with Crippen molar-refractivity contribution in [3.8, 4) is 0 Å². The Labute approximate surface area is 202 Å². The number of aliphatic imine (C=N–C) groups is 2. The number of hydrogen-bond acceptors (Lipinski definition) is 8. The second-order valence-corrected chi connectivity index (χ2v) is 8.41. The topological polar surface area (TPSA) is 80.3 Å². The van der Waals surface area contributed by atoms with Crippen LogP contribution in [-0.2, 0) is 0 Å². The fourth-order valence-corrected chi connectivity index (χ4v) is 4.67. The van der Waals surface area contributed by atoms with Gasteiger partial charge in [0.2, 0.25) is 0 Å². The van der Waals surface area contributed by atoms with Gasteiger partial charge >= 0.3 is 0 Å². The fourth-order valence-electron chi connectivity index (χ4n) is 4.67. The van der Waals surface area contributed by atoms with Crippen LogP contribution in [0.25, 0.3) is 0 Å². The minimum absolute atomic E-state index is 0.156. The molecule has 8 heteroatoms. The largest absolute Gasteiger partial charge is 0.259 e. The zero-order valence-electron chi connectivity index (χ0n) is 18.7. The number of nitrogens with one attached hydrogen (secondary N) is 1. The lowest BCUT2D eigenvalue weighted by Gasteiger charge is -2.26. The number of rotatable bonds is 3. The highest BCUT2D eigenvalue weighted by atomic mass is 15.6. The Morgan fingerprint density at radius 1 is 0.829 bits per heavy atom. The predicted molar refractivity (Wildman–Crippen MR) is 136 cm³/mol. The second-order valence-electron chi connectivity index (χ2n) is 8.41. The highest BCUT2D eigenvalue weighted by Crippen LogP contribution is 2.39. The molecule has 0 aromatic heterocycles. The molecule has 168 valence electrons. The number of para-hydroxylation sites is 1. The van der Waals surface area contributed by atoms with Crippen molar-refractivity contribution in [2.24, 2.45) is 25.3 Å². The molecular formula is C27H20N8. The van der Waals surface area contributed by atoms with Crippen LogP contribution >= 0.6 is 0 Å². The fraction of sp³-hybridized carbons (Fsp3) is 0.0741. The zero-order chi connectivity index (χ0) is 23.2. The first kappa shape index (κ1) is 19.7. The van der Waals surface area contributed by atoms with Gasteiger partial charge < -0.3 is 0 Å².